The molecule has 9 heteroatoms. The van der Waals surface area contributed by atoms with Crippen molar-refractivity contribution in [3.05, 3.63) is 24.0 Å². The average Bonchev–Trinajstić information content (AvgIpc) is 3.22. The number of halogens is 1. The number of rotatable bonds is 4. The molecule has 2 aliphatic rings. The first-order chi connectivity index (χ1) is 13.4. The van der Waals surface area contributed by atoms with E-state index in [1.807, 2.05) is 33.8 Å². The fraction of sp³-hybridized carbons (Fsp3) is 0.600. The lowest BCUT2D eigenvalue weighted by Crippen LogP contribution is -2.41. The second kappa shape index (κ2) is 6.44. The Balaban J connectivity index is 1.76. The number of anilines is 1. The van der Waals surface area contributed by atoms with Crippen molar-refractivity contribution in [1.82, 2.24) is 9.61 Å². The quantitative estimate of drug-likeness (QED) is 0.767. The van der Waals surface area contributed by atoms with Gasteiger partial charge in [-0.15, -0.1) is 0 Å². The molecule has 0 radical (unpaired) electrons. The number of fused-ring (bicyclic) bond motifs is 1. The SMILES string of the molecule is CC1(C)OB(c2cc3c(N[C@@H]4CCC[C@]4(C)F)c(C(N)=O)cnn3c2)OC1(C)C. The molecule has 0 unspecified atom stereocenters. The minimum absolute atomic E-state index is 0.235. The maximum absolute atomic E-state index is 14.9. The van der Waals surface area contributed by atoms with Crippen LogP contribution in [0.3, 0.4) is 0 Å². The highest BCUT2D eigenvalue weighted by Crippen LogP contribution is 2.38. The van der Waals surface area contributed by atoms with E-state index in [-0.39, 0.29) is 5.56 Å². The van der Waals surface area contributed by atoms with E-state index in [2.05, 4.69) is 10.4 Å². The van der Waals surface area contributed by atoms with Crippen LogP contribution in [-0.4, -0.2) is 45.6 Å². The molecule has 1 saturated heterocycles. The number of alkyl halides is 1. The fourth-order valence-corrected chi connectivity index (χ4v) is 4.05. The smallest absolute Gasteiger partial charge is 0.399 e. The van der Waals surface area contributed by atoms with Crippen LogP contribution in [0.25, 0.3) is 5.52 Å². The molecule has 2 atom stereocenters. The molecule has 2 aromatic rings. The maximum Gasteiger partial charge on any atom is 0.496 e. The van der Waals surface area contributed by atoms with Gasteiger partial charge < -0.3 is 20.4 Å². The zero-order chi connectivity index (χ0) is 21.2. The molecule has 1 saturated carbocycles. The van der Waals surface area contributed by atoms with Gasteiger partial charge in [0.05, 0.1) is 40.2 Å². The summed E-state index contributed by atoms with van der Waals surface area (Å²) in [5.74, 6) is -0.612. The third-order valence-electron chi connectivity index (χ3n) is 6.65. The molecule has 7 nitrogen and oxygen atoms in total. The molecule has 1 aliphatic heterocycles. The number of nitrogens with two attached hydrogens (primary N) is 1. The predicted octanol–water partition coefficient (Wildman–Crippen LogP) is 2.42. The molecule has 4 rings (SSSR count). The molecule has 3 N–H and O–H groups in total. The Hall–Kier alpha value is -2.13. The first-order valence-corrected chi connectivity index (χ1v) is 10.0. The molecule has 1 amide bonds. The van der Waals surface area contributed by atoms with Crippen molar-refractivity contribution in [1.29, 1.82) is 0 Å². The van der Waals surface area contributed by atoms with Gasteiger partial charge in [-0.25, -0.2) is 8.91 Å². The molecule has 29 heavy (non-hydrogen) atoms. The zero-order valence-electron chi connectivity index (χ0n) is 17.6. The zero-order valence-corrected chi connectivity index (χ0v) is 17.6. The molecular weight excluding hydrogens is 374 g/mol. The number of carbonyl (C=O) groups is 1. The Morgan fingerprint density at radius 1 is 1.31 bits per heavy atom. The highest BCUT2D eigenvalue weighted by Gasteiger charge is 2.52. The highest BCUT2D eigenvalue weighted by atomic mass is 19.1. The summed E-state index contributed by atoms with van der Waals surface area (Å²) in [6.45, 7) is 9.54. The topological polar surface area (TPSA) is 90.9 Å². The number of aromatic nitrogens is 2. The molecule has 2 fully saturated rings. The molecule has 0 spiro atoms. The fourth-order valence-electron chi connectivity index (χ4n) is 4.05. The minimum Gasteiger partial charge on any atom is -0.399 e. The van der Waals surface area contributed by atoms with Gasteiger partial charge in [0.25, 0.3) is 5.91 Å². The number of amides is 1. The van der Waals surface area contributed by atoms with Crippen LogP contribution in [0.2, 0.25) is 0 Å². The van der Waals surface area contributed by atoms with Gasteiger partial charge in [0.2, 0.25) is 0 Å². The van der Waals surface area contributed by atoms with Gasteiger partial charge in [-0.3, -0.25) is 4.79 Å². The first kappa shape index (κ1) is 20.2. The predicted molar refractivity (Wildman–Crippen MR) is 110 cm³/mol. The van der Waals surface area contributed by atoms with Crippen LogP contribution in [0.4, 0.5) is 10.1 Å². The molecule has 1 aliphatic carbocycles. The normalized spacial score (nSPS) is 28.2. The molecular formula is C20H28BFN4O3. The van der Waals surface area contributed by atoms with Crippen molar-refractivity contribution < 1.29 is 18.5 Å². The van der Waals surface area contributed by atoms with Crippen LogP contribution in [0.15, 0.2) is 18.5 Å². The number of nitrogens with one attached hydrogen (secondary N) is 1. The van der Waals surface area contributed by atoms with Crippen molar-refractivity contribution in [2.45, 2.75) is 76.8 Å². The molecule has 3 heterocycles. The summed E-state index contributed by atoms with van der Waals surface area (Å²) in [5.41, 5.74) is 5.41. The van der Waals surface area contributed by atoms with Crippen molar-refractivity contribution in [2.75, 3.05) is 5.32 Å². The number of carbonyl (C=O) groups excluding carboxylic acids is 1. The largest absolute Gasteiger partial charge is 0.496 e. The second-order valence-corrected chi connectivity index (χ2v) is 9.36. The van der Waals surface area contributed by atoms with Gasteiger partial charge in [0.1, 0.15) is 5.67 Å². The lowest BCUT2D eigenvalue weighted by atomic mass is 9.81. The number of nitrogens with zero attached hydrogens (tertiary/aromatic N) is 2. The van der Waals surface area contributed by atoms with E-state index in [0.717, 1.165) is 11.9 Å². The van der Waals surface area contributed by atoms with Gasteiger partial charge >= 0.3 is 7.12 Å². The number of primary amides is 1. The minimum atomic E-state index is -1.35. The van der Waals surface area contributed by atoms with Gasteiger partial charge in [-0.1, -0.05) is 0 Å². The van der Waals surface area contributed by atoms with E-state index in [1.165, 1.54) is 6.20 Å². The van der Waals surface area contributed by atoms with Crippen LogP contribution in [0.1, 0.15) is 64.2 Å². The summed E-state index contributed by atoms with van der Waals surface area (Å²) in [4.78, 5) is 12.0. The van der Waals surface area contributed by atoms with Crippen molar-refractivity contribution in [2.24, 2.45) is 5.73 Å². The van der Waals surface area contributed by atoms with E-state index in [0.29, 0.717) is 24.0 Å². The highest BCUT2D eigenvalue weighted by molar-refractivity contribution is 6.62. The van der Waals surface area contributed by atoms with Crippen LogP contribution in [0.5, 0.6) is 0 Å². The van der Waals surface area contributed by atoms with Crippen LogP contribution < -0.4 is 16.5 Å². The van der Waals surface area contributed by atoms with E-state index in [4.69, 9.17) is 15.0 Å². The van der Waals surface area contributed by atoms with Gasteiger partial charge in [0, 0.05) is 11.7 Å². The number of hydrogen-bond donors (Lipinski definition) is 2. The molecule has 0 aromatic carbocycles. The standard InChI is InChI=1S/C20H28BFN4O3/c1-18(2)19(3,4)29-21(28-18)12-9-14-16(25-15-7-6-8-20(15,5)22)13(17(23)27)10-24-26(14)11-12/h9-11,15,25H,6-8H2,1-5H3,(H2,23,27)/t15-,20+/m1/s1. The van der Waals surface area contributed by atoms with Crippen LogP contribution in [0, 0.1) is 0 Å². The van der Waals surface area contributed by atoms with Crippen molar-refractivity contribution in [3.63, 3.8) is 0 Å². The summed E-state index contributed by atoms with van der Waals surface area (Å²) in [7, 11) is -0.565. The van der Waals surface area contributed by atoms with Gasteiger partial charge in [-0.2, -0.15) is 5.10 Å². The summed E-state index contributed by atoms with van der Waals surface area (Å²) in [6.07, 6.45) is 5.17. The molecule has 0 bridgehead atoms. The van der Waals surface area contributed by atoms with Crippen molar-refractivity contribution in [3.8, 4) is 0 Å². The summed E-state index contributed by atoms with van der Waals surface area (Å²) < 4.78 is 28.8. The Morgan fingerprint density at radius 2 is 1.97 bits per heavy atom. The van der Waals surface area contributed by atoms with Crippen molar-refractivity contribution >= 4 is 29.7 Å². The Labute approximate surface area is 170 Å². The maximum atomic E-state index is 14.9. The Bertz CT molecular complexity index is 956. The van der Waals surface area contributed by atoms with Gasteiger partial charge in [0.15, 0.2) is 0 Å². The Kier molecular flexibility index (Phi) is 4.47. The van der Waals surface area contributed by atoms with Gasteiger partial charge in [-0.05, 0) is 59.9 Å². The monoisotopic (exact) mass is 402 g/mol. The Morgan fingerprint density at radius 3 is 2.52 bits per heavy atom. The van der Waals surface area contributed by atoms with E-state index < -0.39 is 35.9 Å². The summed E-state index contributed by atoms with van der Waals surface area (Å²) in [5, 5.41) is 7.55. The second-order valence-electron chi connectivity index (χ2n) is 9.36. The average molecular weight is 402 g/mol. The lowest BCUT2D eigenvalue weighted by molar-refractivity contribution is 0.00578. The molecule has 2 aromatic heterocycles. The van der Waals surface area contributed by atoms with Crippen LogP contribution >= 0.6 is 0 Å². The van der Waals surface area contributed by atoms with E-state index in [1.54, 1.807) is 17.6 Å². The third kappa shape index (κ3) is 3.30. The summed E-state index contributed by atoms with van der Waals surface area (Å²) >= 11 is 0. The first-order valence-electron chi connectivity index (χ1n) is 10.0. The lowest BCUT2D eigenvalue weighted by Gasteiger charge is -2.32. The summed E-state index contributed by atoms with van der Waals surface area (Å²) in [6, 6.07) is 1.45. The van der Waals surface area contributed by atoms with E-state index >= 15 is 0 Å². The third-order valence-corrected chi connectivity index (χ3v) is 6.65. The van der Waals surface area contributed by atoms with Crippen LogP contribution in [-0.2, 0) is 9.31 Å². The van der Waals surface area contributed by atoms with E-state index in [9.17, 15) is 9.18 Å². The number of hydrogen-bond acceptors (Lipinski definition) is 5. The molecule has 156 valence electrons.